The summed E-state index contributed by atoms with van der Waals surface area (Å²) in [5.74, 6) is 1.18. The van der Waals surface area contributed by atoms with Crippen molar-refractivity contribution in [2.45, 2.75) is 39.5 Å². The number of rotatable bonds is 3. The molecular formula is C9H20OSi. The molecular weight excluding hydrogens is 152 g/mol. The fraction of sp³-hybridized carbons (Fsp3) is 0.778. The van der Waals surface area contributed by atoms with E-state index in [1.54, 1.807) is 7.11 Å². The third kappa shape index (κ3) is 5.07. The van der Waals surface area contributed by atoms with E-state index in [0.29, 0.717) is 0 Å². The molecule has 0 radical (unpaired) electrons. The zero-order chi connectivity index (χ0) is 9.07. The van der Waals surface area contributed by atoms with Gasteiger partial charge in [0, 0.05) is 0 Å². The topological polar surface area (TPSA) is 9.23 Å². The van der Waals surface area contributed by atoms with E-state index in [1.165, 1.54) is 11.3 Å². The van der Waals surface area contributed by atoms with Crippen molar-refractivity contribution < 1.29 is 4.74 Å². The summed E-state index contributed by atoms with van der Waals surface area (Å²) in [6.07, 6.45) is 0. The number of allylic oxidation sites excluding steroid dienone is 2. The number of methoxy groups -OCH3 is 1. The molecule has 0 aliphatic carbocycles. The van der Waals surface area contributed by atoms with Crippen LogP contribution in [0, 0.1) is 0 Å². The highest BCUT2D eigenvalue weighted by Crippen LogP contribution is 2.19. The summed E-state index contributed by atoms with van der Waals surface area (Å²) in [5, 5.41) is 0. The van der Waals surface area contributed by atoms with E-state index in [2.05, 4.69) is 33.5 Å². The van der Waals surface area contributed by atoms with Crippen LogP contribution in [0.2, 0.25) is 25.7 Å². The Morgan fingerprint density at radius 1 is 1.18 bits per heavy atom. The quantitative estimate of drug-likeness (QED) is 0.469. The van der Waals surface area contributed by atoms with Gasteiger partial charge in [0.1, 0.15) is 0 Å². The second-order valence-electron chi connectivity index (χ2n) is 4.36. The van der Waals surface area contributed by atoms with E-state index in [4.69, 9.17) is 4.74 Å². The van der Waals surface area contributed by atoms with E-state index in [-0.39, 0.29) is 0 Å². The van der Waals surface area contributed by atoms with Crippen molar-refractivity contribution in [3.8, 4) is 0 Å². The smallest absolute Gasteiger partial charge is 0.0915 e. The molecule has 0 bridgehead atoms. The number of ether oxygens (including phenoxy) is 1. The first-order valence-electron chi connectivity index (χ1n) is 4.07. The van der Waals surface area contributed by atoms with Crippen LogP contribution in [-0.2, 0) is 4.74 Å². The lowest BCUT2D eigenvalue weighted by atomic mass is 10.3. The Bertz CT molecular complexity index is 149. The van der Waals surface area contributed by atoms with Crippen LogP contribution in [0.15, 0.2) is 11.3 Å². The molecule has 0 rings (SSSR count). The predicted octanol–water partition coefficient (Wildman–Crippen LogP) is 3.26. The molecule has 0 saturated heterocycles. The van der Waals surface area contributed by atoms with Crippen molar-refractivity contribution in [1.29, 1.82) is 0 Å². The van der Waals surface area contributed by atoms with E-state index in [1.807, 2.05) is 0 Å². The Hall–Kier alpha value is -0.243. The number of hydrogen-bond acceptors (Lipinski definition) is 1. The highest BCUT2D eigenvalue weighted by Gasteiger charge is 2.16. The maximum absolute atomic E-state index is 5.30. The van der Waals surface area contributed by atoms with Crippen LogP contribution in [0.1, 0.15) is 13.8 Å². The molecule has 0 aromatic rings. The Morgan fingerprint density at radius 3 is 1.73 bits per heavy atom. The van der Waals surface area contributed by atoms with Gasteiger partial charge in [-0.25, -0.2) is 0 Å². The van der Waals surface area contributed by atoms with Crippen molar-refractivity contribution >= 4 is 8.07 Å². The highest BCUT2D eigenvalue weighted by atomic mass is 28.3. The van der Waals surface area contributed by atoms with Crippen molar-refractivity contribution in [2.24, 2.45) is 0 Å². The normalized spacial score (nSPS) is 11.1. The van der Waals surface area contributed by atoms with Gasteiger partial charge in [0.25, 0.3) is 0 Å². The van der Waals surface area contributed by atoms with Gasteiger partial charge in [-0.15, -0.1) is 0 Å². The Kier molecular flexibility index (Phi) is 3.87. The molecule has 0 amide bonds. The minimum atomic E-state index is -0.987. The van der Waals surface area contributed by atoms with Crippen molar-refractivity contribution in [3.05, 3.63) is 11.3 Å². The van der Waals surface area contributed by atoms with E-state index >= 15 is 0 Å². The van der Waals surface area contributed by atoms with Gasteiger partial charge in [0.15, 0.2) is 0 Å². The van der Waals surface area contributed by atoms with Crippen LogP contribution < -0.4 is 0 Å². The molecule has 0 unspecified atom stereocenters. The van der Waals surface area contributed by atoms with Gasteiger partial charge >= 0.3 is 0 Å². The second-order valence-corrected chi connectivity index (χ2v) is 9.84. The monoisotopic (exact) mass is 172 g/mol. The molecule has 0 spiro atoms. The van der Waals surface area contributed by atoms with E-state index in [9.17, 15) is 0 Å². The van der Waals surface area contributed by atoms with Crippen molar-refractivity contribution in [1.82, 2.24) is 0 Å². The van der Waals surface area contributed by atoms with Gasteiger partial charge in [-0.3, -0.25) is 0 Å². The summed E-state index contributed by atoms with van der Waals surface area (Å²) in [6.45, 7) is 11.3. The third-order valence-electron chi connectivity index (χ3n) is 1.49. The first-order valence-corrected chi connectivity index (χ1v) is 7.78. The largest absolute Gasteiger partial charge is 0.501 e. The van der Waals surface area contributed by atoms with Gasteiger partial charge in [-0.05, 0) is 25.5 Å². The first kappa shape index (κ1) is 10.8. The van der Waals surface area contributed by atoms with E-state index < -0.39 is 8.07 Å². The van der Waals surface area contributed by atoms with Crippen LogP contribution in [0.25, 0.3) is 0 Å². The van der Waals surface area contributed by atoms with E-state index in [0.717, 1.165) is 6.04 Å². The van der Waals surface area contributed by atoms with Crippen LogP contribution in [-0.4, -0.2) is 15.2 Å². The van der Waals surface area contributed by atoms with Gasteiger partial charge in [0.05, 0.1) is 20.9 Å². The summed E-state index contributed by atoms with van der Waals surface area (Å²) < 4.78 is 5.30. The van der Waals surface area contributed by atoms with Crippen molar-refractivity contribution in [2.75, 3.05) is 7.11 Å². The maximum atomic E-state index is 5.30. The first-order chi connectivity index (χ1) is 4.87. The molecule has 0 saturated carbocycles. The minimum absolute atomic E-state index is 0.987. The summed E-state index contributed by atoms with van der Waals surface area (Å²) in [7, 11) is 0.779. The Morgan fingerprint density at radius 2 is 1.64 bits per heavy atom. The standard InChI is InChI=1S/C9H20OSi/c1-8(2)9(10-3)7-11(4,5)6/h7H2,1-6H3. The summed E-state index contributed by atoms with van der Waals surface area (Å²) in [6, 6.07) is 1.16. The van der Waals surface area contributed by atoms with Crippen LogP contribution in [0.4, 0.5) is 0 Å². The molecule has 0 aromatic carbocycles. The maximum Gasteiger partial charge on any atom is 0.0915 e. The van der Waals surface area contributed by atoms with Crippen LogP contribution in [0.3, 0.4) is 0 Å². The Balaban J connectivity index is 4.23. The van der Waals surface area contributed by atoms with Gasteiger partial charge in [-0.1, -0.05) is 19.6 Å². The molecule has 66 valence electrons. The summed E-state index contributed by atoms with van der Waals surface area (Å²) >= 11 is 0. The molecule has 0 aliphatic heterocycles. The molecule has 0 heterocycles. The molecule has 0 aromatic heterocycles. The molecule has 0 fully saturated rings. The average Bonchev–Trinajstić information content (AvgIpc) is 1.80. The molecule has 11 heavy (non-hydrogen) atoms. The highest BCUT2D eigenvalue weighted by molar-refractivity contribution is 6.76. The SMILES string of the molecule is COC(C[Si](C)(C)C)=C(C)C. The van der Waals surface area contributed by atoms with Crippen LogP contribution >= 0.6 is 0 Å². The second kappa shape index (κ2) is 3.95. The lowest BCUT2D eigenvalue weighted by Crippen LogP contribution is -2.20. The number of hydrogen-bond donors (Lipinski definition) is 0. The van der Waals surface area contributed by atoms with Gasteiger partial charge in [0.2, 0.25) is 0 Å². The third-order valence-corrected chi connectivity index (χ3v) is 2.88. The van der Waals surface area contributed by atoms with Crippen molar-refractivity contribution in [3.63, 3.8) is 0 Å². The molecule has 0 N–H and O–H groups in total. The lowest BCUT2D eigenvalue weighted by Gasteiger charge is -2.18. The van der Waals surface area contributed by atoms with Gasteiger partial charge < -0.3 is 4.74 Å². The summed E-state index contributed by atoms with van der Waals surface area (Å²) in [5.41, 5.74) is 1.31. The fourth-order valence-corrected chi connectivity index (χ4v) is 2.40. The summed E-state index contributed by atoms with van der Waals surface area (Å²) in [4.78, 5) is 0. The molecule has 0 atom stereocenters. The predicted molar refractivity (Wildman–Crippen MR) is 53.5 cm³/mol. The minimum Gasteiger partial charge on any atom is -0.501 e. The molecule has 1 nitrogen and oxygen atoms in total. The zero-order valence-electron chi connectivity index (χ0n) is 8.62. The molecule has 2 heteroatoms. The van der Waals surface area contributed by atoms with Gasteiger partial charge in [-0.2, -0.15) is 0 Å². The van der Waals surface area contributed by atoms with Crippen LogP contribution in [0.5, 0.6) is 0 Å². The fourth-order valence-electron chi connectivity index (χ4n) is 0.935. The Labute approximate surface area is 71.5 Å². The lowest BCUT2D eigenvalue weighted by molar-refractivity contribution is 0.288. The molecule has 0 aliphatic rings. The average molecular weight is 172 g/mol. The zero-order valence-corrected chi connectivity index (χ0v) is 9.62.